The van der Waals surface area contributed by atoms with E-state index in [2.05, 4.69) is 21.2 Å². The van der Waals surface area contributed by atoms with Crippen molar-refractivity contribution in [3.05, 3.63) is 62.5 Å². The monoisotopic (exact) mass is 591 g/mol. The summed E-state index contributed by atoms with van der Waals surface area (Å²) in [4.78, 5) is 27.7. The molecule has 0 aliphatic heterocycles. The average molecular weight is 593 g/mol. The molecule has 2 aromatic carbocycles. The highest BCUT2D eigenvalue weighted by atomic mass is 79.9. The van der Waals surface area contributed by atoms with Gasteiger partial charge in [0, 0.05) is 27.6 Å². The number of anilines is 1. The zero-order valence-corrected chi connectivity index (χ0v) is 23.3. The van der Waals surface area contributed by atoms with Crippen molar-refractivity contribution >= 4 is 66.7 Å². The molecule has 7 nitrogen and oxygen atoms in total. The predicted molar refractivity (Wildman–Crippen MR) is 141 cm³/mol. The number of benzene rings is 2. The minimum absolute atomic E-state index is 0.00133. The van der Waals surface area contributed by atoms with Gasteiger partial charge in [0.05, 0.1) is 11.9 Å². The summed E-state index contributed by atoms with van der Waals surface area (Å²) >= 11 is 15.7. The highest BCUT2D eigenvalue weighted by molar-refractivity contribution is 9.10. The summed E-state index contributed by atoms with van der Waals surface area (Å²) in [5.41, 5.74) is 0.898. The highest BCUT2D eigenvalue weighted by Gasteiger charge is 2.31. The molecular formula is C23H28BrCl2N3O4S. The van der Waals surface area contributed by atoms with Gasteiger partial charge in [-0.05, 0) is 58.6 Å². The van der Waals surface area contributed by atoms with Gasteiger partial charge in [-0.2, -0.15) is 0 Å². The molecule has 0 fully saturated rings. The Hall–Kier alpha value is -1.81. The van der Waals surface area contributed by atoms with Crippen molar-refractivity contribution in [3.63, 3.8) is 0 Å². The molecule has 0 bridgehead atoms. The largest absolute Gasteiger partial charge is 0.354 e. The van der Waals surface area contributed by atoms with Gasteiger partial charge in [0.2, 0.25) is 21.8 Å². The minimum Gasteiger partial charge on any atom is -0.354 e. The van der Waals surface area contributed by atoms with Crippen LogP contribution in [0.1, 0.15) is 26.3 Å². The van der Waals surface area contributed by atoms with Crippen molar-refractivity contribution in [3.8, 4) is 0 Å². The van der Waals surface area contributed by atoms with Crippen molar-refractivity contribution in [2.45, 2.75) is 33.4 Å². The van der Waals surface area contributed by atoms with E-state index >= 15 is 0 Å². The van der Waals surface area contributed by atoms with E-state index in [1.807, 2.05) is 13.8 Å². The molecule has 2 rings (SSSR count). The van der Waals surface area contributed by atoms with E-state index in [9.17, 15) is 18.0 Å². The van der Waals surface area contributed by atoms with Gasteiger partial charge in [-0.3, -0.25) is 13.9 Å². The van der Waals surface area contributed by atoms with E-state index < -0.39 is 28.5 Å². The third-order valence-corrected chi connectivity index (χ3v) is 7.39. The summed E-state index contributed by atoms with van der Waals surface area (Å²) in [6, 6.07) is 10.7. The summed E-state index contributed by atoms with van der Waals surface area (Å²) < 4.78 is 26.7. The Kier molecular flexibility index (Phi) is 10.2. The van der Waals surface area contributed by atoms with Gasteiger partial charge in [-0.25, -0.2) is 8.42 Å². The Bertz CT molecular complexity index is 1140. The van der Waals surface area contributed by atoms with Crippen LogP contribution in [0.15, 0.2) is 46.9 Å². The lowest BCUT2D eigenvalue weighted by Gasteiger charge is -2.32. The van der Waals surface area contributed by atoms with Crippen LogP contribution in [0.4, 0.5) is 5.69 Å². The lowest BCUT2D eigenvalue weighted by molar-refractivity contribution is -0.139. The van der Waals surface area contributed by atoms with Gasteiger partial charge in [-0.1, -0.05) is 55.2 Å². The molecule has 0 aliphatic carbocycles. The second-order valence-corrected chi connectivity index (χ2v) is 11.9. The number of sulfonamides is 1. The molecule has 0 spiro atoms. The van der Waals surface area contributed by atoms with Crippen molar-refractivity contribution in [1.29, 1.82) is 0 Å². The van der Waals surface area contributed by atoms with Gasteiger partial charge in [0.1, 0.15) is 12.6 Å². The number of carbonyl (C=O) groups is 2. The smallest absolute Gasteiger partial charge is 0.244 e. The first-order valence-electron chi connectivity index (χ1n) is 10.5. The number of amides is 2. The molecule has 0 aliphatic rings. The average Bonchev–Trinajstić information content (AvgIpc) is 2.74. The van der Waals surface area contributed by atoms with E-state index in [-0.39, 0.29) is 18.4 Å². The molecule has 0 unspecified atom stereocenters. The number of rotatable bonds is 10. The summed E-state index contributed by atoms with van der Waals surface area (Å²) in [5.74, 6) is -0.680. The molecule has 0 radical (unpaired) electrons. The molecule has 1 atom stereocenters. The molecule has 0 aromatic heterocycles. The molecule has 1 N–H and O–H groups in total. The van der Waals surface area contributed by atoms with Crippen LogP contribution in [0.3, 0.4) is 0 Å². The fourth-order valence-corrected chi connectivity index (χ4v) is 5.06. The van der Waals surface area contributed by atoms with Crippen molar-refractivity contribution in [1.82, 2.24) is 10.2 Å². The quantitative estimate of drug-likeness (QED) is 0.433. The standard InChI is InChI=1S/C23H28BrCl2N3O4S/c1-15(2)12-27-23(31)16(3)28(13-17-9-10-18(25)11-20(17)26)22(30)14-29(34(4,32)33)21-8-6-5-7-19(21)24/h5-11,15-16H,12-14H2,1-4H3,(H,27,31)/t16-/m0/s1. The van der Waals surface area contributed by atoms with Gasteiger partial charge in [0.15, 0.2) is 0 Å². The lowest BCUT2D eigenvalue weighted by Crippen LogP contribution is -2.51. The van der Waals surface area contributed by atoms with Crippen LogP contribution in [-0.2, 0) is 26.2 Å². The van der Waals surface area contributed by atoms with Crippen LogP contribution in [0.5, 0.6) is 0 Å². The Morgan fingerprint density at radius 1 is 1.09 bits per heavy atom. The number of halogens is 3. The van der Waals surface area contributed by atoms with E-state index in [0.717, 1.165) is 10.6 Å². The first kappa shape index (κ1) is 28.4. The molecule has 2 aromatic rings. The highest BCUT2D eigenvalue weighted by Crippen LogP contribution is 2.28. The van der Waals surface area contributed by atoms with Crippen molar-refractivity contribution in [2.24, 2.45) is 5.92 Å². The summed E-state index contributed by atoms with van der Waals surface area (Å²) in [6.07, 6.45) is 1.03. The second-order valence-electron chi connectivity index (χ2n) is 8.29. The maximum absolute atomic E-state index is 13.5. The zero-order valence-electron chi connectivity index (χ0n) is 19.4. The SMILES string of the molecule is CC(C)CNC(=O)[C@H](C)N(Cc1ccc(Cl)cc1Cl)C(=O)CN(c1ccccc1Br)S(C)(=O)=O. The Labute approximate surface area is 219 Å². The number of hydrogen-bond acceptors (Lipinski definition) is 4. The van der Waals surface area contributed by atoms with Crippen LogP contribution in [-0.4, -0.2) is 50.5 Å². The minimum atomic E-state index is -3.81. The number of nitrogens with zero attached hydrogens (tertiary/aromatic N) is 2. The van der Waals surface area contributed by atoms with E-state index in [0.29, 0.717) is 32.3 Å². The fourth-order valence-electron chi connectivity index (χ4n) is 3.12. The zero-order chi connectivity index (χ0) is 25.6. The Morgan fingerprint density at radius 2 is 1.74 bits per heavy atom. The van der Waals surface area contributed by atoms with E-state index in [1.165, 1.54) is 4.90 Å². The van der Waals surface area contributed by atoms with Gasteiger partial charge in [-0.15, -0.1) is 0 Å². The Morgan fingerprint density at radius 3 is 2.29 bits per heavy atom. The topological polar surface area (TPSA) is 86.8 Å². The lowest BCUT2D eigenvalue weighted by atomic mass is 10.1. The van der Waals surface area contributed by atoms with E-state index in [1.54, 1.807) is 49.4 Å². The van der Waals surface area contributed by atoms with Gasteiger partial charge >= 0.3 is 0 Å². The molecule has 0 saturated carbocycles. The Balaban J connectivity index is 2.41. The number of para-hydroxylation sites is 1. The van der Waals surface area contributed by atoms with Crippen molar-refractivity contribution < 1.29 is 18.0 Å². The molecule has 0 heterocycles. The summed E-state index contributed by atoms with van der Waals surface area (Å²) in [5, 5.41) is 3.60. The van der Waals surface area contributed by atoms with Gasteiger partial charge in [0.25, 0.3) is 0 Å². The third-order valence-electron chi connectivity index (χ3n) is 5.01. The number of nitrogens with one attached hydrogen (secondary N) is 1. The summed E-state index contributed by atoms with van der Waals surface area (Å²) in [7, 11) is -3.81. The molecule has 11 heteroatoms. The first-order valence-corrected chi connectivity index (χ1v) is 13.9. The van der Waals surface area contributed by atoms with E-state index in [4.69, 9.17) is 23.2 Å². The fraction of sp³-hybridized carbons (Fsp3) is 0.391. The van der Waals surface area contributed by atoms with Crippen LogP contribution in [0, 0.1) is 5.92 Å². The second kappa shape index (κ2) is 12.2. The summed E-state index contributed by atoms with van der Waals surface area (Å²) in [6.45, 7) is 5.47. The maximum atomic E-state index is 13.5. The van der Waals surface area contributed by atoms with Crippen molar-refractivity contribution in [2.75, 3.05) is 23.7 Å². The number of carbonyl (C=O) groups excluding carboxylic acids is 2. The van der Waals surface area contributed by atoms with Crippen LogP contribution < -0.4 is 9.62 Å². The maximum Gasteiger partial charge on any atom is 0.244 e. The number of hydrogen-bond donors (Lipinski definition) is 1. The van der Waals surface area contributed by atoms with Crippen LogP contribution in [0.25, 0.3) is 0 Å². The molecular weight excluding hydrogens is 565 g/mol. The van der Waals surface area contributed by atoms with Crippen LogP contribution >= 0.6 is 39.1 Å². The molecule has 0 saturated heterocycles. The molecule has 2 amide bonds. The normalized spacial score (nSPS) is 12.4. The van der Waals surface area contributed by atoms with Gasteiger partial charge < -0.3 is 10.2 Å². The first-order chi connectivity index (χ1) is 15.8. The molecule has 34 heavy (non-hydrogen) atoms. The van der Waals surface area contributed by atoms with Crippen LogP contribution in [0.2, 0.25) is 10.0 Å². The predicted octanol–water partition coefficient (Wildman–Crippen LogP) is 4.71. The molecule has 186 valence electrons. The third kappa shape index (κ3) is 7.86.